The lowest BCUT2D eigenvalue weighted by atomic mass is 10.1. The molecular formula is C16H14N4O2. The number of nitrogens with two attached hydrogens (primary N) is 1. The van der Waals surface area contributed by atoms with Crippen LogP contribution < -0.4 is 5.73 Å². The number of carboxylic acid groups (broad SMARTS) is 1. The molecule has 110 valence electrons. The summed E-state index contributed by atoms with van der Waals surface area (Å²) in [5.74, 6) is -0.945. The van der Waals surface area contributed by atoms with Gasteiger partial charge in [-0.3, -0.25) is 0 Å². The monoisotopic (exact) mass is 294 g/mol. The van der Waals surface area contributed by atoms with E-state index in [-0.39, 0.29) is 5.56 Å². The van der Waals surface area contributed by atoms with Crippen molar-refractivity contribution in [1.29, 1.82) is 0 Å². The van der Waals surface area contributed by atoms with Crippen molar-refractivity contribution in [3.05, 3.63) is 65.9 Å². The molecule has 0 radical (unpaired) electrons. The summed E-state index contributed by atoms with van der Waals surface area (Å²) < 4.78 is 1.73. The van der Waals surface area contributed by atoms with E-state index < -0.39 is 5.97 Å². The Morgan fingerprint density at radius 1 is 1.18 bits per heavy atom. The van der Waals surface area contributed by atoms with E-state index >= 15 is 0 Å². The van der Waals surface area contributed by atoms with Gasteiger partial charge in [0.25, 0.3) is 0 Å². The van der Waals surface area contributed by atoms with Gasteiger partial charge in [0.2, 0.25) is 0 Å². The minimum absolute atomic E-state index is 0.256. The van der Waals surface area contributed by atoms with Crippen LogP contribution in [0.5, 0.6) is 0 Å². The SMILES string of the molecule is Nc1ccc(-c2cnnn2Cc2cccc(C(=O)O)c2)cc1. The van der Waals surface area contributed by atoms with Gasteiger partial charge < -0.3 is 10.8 Å². The molecule has 0 saturated carbocycles. The third kappa shape index (κ3) is 2.80. The molecule has 6 nitrogen and oxygen atoms in total. The lowest BCUT2D eigenvalue weighted by molar-refractivity contribution is 0.0696. The first-order valence-electron chi connectivity index (χ1n) is 6.70. The highest BCUT2D eigenvalue weighted by Gasteiger charge is 2.09. The maximum atomic E-state index is 11.0. The molecule has 0 atom stereocenters. The van der Waals surface area contributed by atoms with Gasteiger partial charge >= 0.3 is 5.97 Å². The van der Waals surface area contributed by atoms with Crippen molar-refractivity contribution in [3.8, 4) is 11.3 Å². The highest BCUT2D eigenvalue weighted by atomic mass is 16.4. The molecule has 0 aliphatic heterocycles. The van der Waals surface area contributed by atoms with Crippen LogP contribution in [0.3, 0.4) is 0 Å². The lowest BCUT2D eigenvalue weighted by Crippen LogP contribution is -2.05. The maximum Gasteiger partial charge on any atom is 0.335 e. The molecule has 6 heteroatoms. The standard InChI is InChI=1S/C16H14N4O2/c17-14-6-4-12(5-7-14)15-9-18-19-20(15)10-11-2-1-3-13(8-11)16(21)22/h1-9H,10,17H2,(H,21,22). The topological polar surface area (TPSA) is 94.0 Å². The van der Waals surface area contributed by atoms with Crippen molar-refractivity contribution < 1.29 is 9.90 Å². The Labute approximate surface area is 126 Å². The number of carbonyl (C=O) groups is 1. The third-order valence-electron chi connectivity index (χ3n) is 3.33. The molecule has 0 aliphatic carbocycles. The minimum Gasteiger partial charge on any atom is -0.478 e. The van der Waals surface area contributed by atoms with Crippen LogP contribution in [0.4, 0.5) is 5.69 Å². The van der Waals surface area contributed by atoms with Gasteiger partial charge in [-0.2, -0.15) is 0 Å². The first-order chi connectivity index (χ1) is 10.6. The molecule has 1 heterocycles. The van der Waals surface area contributed by atoms with Crippen molar-refractivity contribution in [1.82, 2.24) is 15.0 Å². The van der Waals surface area contributed by atoms with E-state index in [1.165, 1.54) is 0 Å². The Balaban J connectivity index is 1.91. The van der Waals surface area contributed by atoms with Crippen LogP contribution in [0.25, 0.3) is 11.3 Å². The molecule has 22 heavy (non-hydrogen) atoms. The number of hydrogen-bond donors (Lipinski definition) is 2. The van der Waals surface area contributed by atoms with Crippen molar-refractivity contribution in [3.63, 3.8) is 0 Å². The quantitative estimate of drug-likeness (QED) is 0.720. The lowest BCUT2D eigenvalue weighted by Gasteiger charge is -2.07. The fourth-order valence-electron chi connectivity index (χ4n) is 2.23. The van der Waals surface area contributed by atoms with Crippen molar-refractivity contribution in [2.45, 2.75) is 6.54 Å². The van der Waals surface area contributed by atoms with E-state index in [1.54, 1.807) is 29.1 Å². The van der Waals surface area contributed by atoms with E-state index in [4.69, 9.17) is 10.8 Å². The second kappa shape index (κ2) is 5.69. The first kappa shape index (κ1) is 13.8. The van der Waals surface area contributed by atoms with Crippen LogP contribution in [-0.4, -0.2) is 26.1 Å². The van der Waals surface area contributed by atoms with Gasteiger partial charge in [0.15, 0.2) is 0 Å². The largest absolute Gasteiger partial charge is 0.478 e. The molecule has 0 fully saturated rings. The summed E-state index contributed by atoms with van der Waals surface area (Å²) in [6, 6.07) is 14.2. The number of aromatic carboxylic acids is 1. The zero-order valence-electron chi connectivity index (χ0n) is 11.7. The number of rotatable bonds is 4. The van der Waals surface area contributed by atoms with Crippen molar-refractivity contribution in [2.24, 2.45) is 0 Å². The average molecular weight is 294 g/mol. The average Bonchev–Trinajstić information content (AvgIpc) is 2.96. The fourth-order valence-corrected chi connectivity index (χ4v) is 2.23. The summed E-state index contributed by atoms with van der Waals surface area (Å²) in [6.45, 7) is 0.445. The highest BCUT2D eigenvalue weighted by molar-refractivity contribution is 5.87. The van der Waals surface area contributed by atoms with Crippen LogP contribution in [0, 0.1) is 0 Å². The van der Waals surface area contributed by atoms with Gasteiger partial charge in [0, 0.05) is 11.3 Å². The number of hydrogen-bond acceptors (Lipinski definition) is 4. The molecule has 0 spiro atoms. The number of aromatic nitrogens is 3. The van der Waals surface area contributed by atoms with E-state index in [1.807, 2.05) is 30.3 Å². The summed E-state index contributed by atoms with van der Waals surface area (Å²) in [5, 5.41) is 17.1. The maximum absolute atomic E-state index is 11.0. The van der Waals surface area contributed by atoms with Crippen LogP contribution in [0.2, 0.25) is 0 Å². The van der Waals surface area contributed by atoms with Crippen LogP contribution >= 0.6 is 0 Å². The number of nitrogens with zero attached hydrogens (tertiary/aromatic N) is 3. The van der Waals surface area contributed by atoms with E-state index in [0.717, 1.165) is 16.8 Å². The van der Waals surface area contributed by atoms with Crippen LogP contribution in [-0.2, 0) is 6.54 Å². The highest BCUT2D eigenvalue weighted by Crippen LogP contribution is 2.20. The minimum atomic E-state index is -0.945. The molecule has 0 aliphatic rings. The zero-order chi connectivity index (χ0) is 15.5. The van der Waals surface area contributed by atoms with Gasteiger partial charge in [0.1, 0.15) is 0 Å². The van der Waals surface area contributed by atoms with Gasteiger partial charge in [0.05, 0.1) is 24.0 Å². The van der Waals surface area contributed by atoms with E-state index in [9.17, 15) is 4.79 Å². The van der Waals surface area contributed by atoms with Crippen LogP contribution in [0.15, 0.2) is 54.7 Å². The Morgan fingerprint density at radius 3 is 2.68 bits per heavy atom. The molecule has 3 N–H and O–H groups in total. The second-order valence-electron chi connectivity index (χ2n) is 4.90. The summed E-state index contributed by atoms with van der Waals surface area (Å²) >= 11 is 0. The Morgan fingerprint density at radius 2 is 1.95 bits per heavy atom. The van der Waals surface area contributed by atoms with Crippen molar-refractivity contribution >= 4 is 11.7 Å². The van der Waals surface area contributed by atoms with E-state index in [2.05, 4.69) is 10.3 Å². The summed E-state index contributed by atoms with van der Waals surface area (Å²) in [7, 11) is 0. The number of nitrogen functional groups attached to an aromatic ring is 1. The summed E-state index contributed by atoms with van der Waals surface area (Å²) in [6.07, 6.45) is 1.67. The normalized spacial score (nSPS) is 10.5. The smallest absolute Gasteiger partial charge is 0.335 e. The number of carboxylic acids is 1. The molecule has 1 aromatic heterocycles. The Bertz CT molecular complexity index is 809. The number of anilines is 1. The fraction of sp³-hybridized carbons (Fsp3) is 0.0625. The molecule has 0 bridgehead atoms. The second-order valence-corrected chi connectivity index (χ2v) is 4.90. The predicted octanol–water partition coefficient (Wildman–Crippen LogP) is 2.27. The molecule has 0 amide bonds. The number of benzene rings is 2. The van der Waals surface area contributed by atoms with Gasteiger partial charge in [-0.1, -0.05) is 29.5 Å². The molecule has 3 aromatic rings. The Hall–Kier alpha value is -3.15. The van der Waals surface area contributed by atoms with Crippen molar-refractivity contribution in [2.75, 3.05) is 5.73 Å². The zero-order valence-corrected chi connectivity index (χ0v) is 11.7. The van der Waals surface area contributed by atoms with E-state index in [0.29, 0.717) is 12.2 Å². The molecule has 0 saturated heterocycles. The van der Waals surface area contributed by atoms with Gasteiger partial charge in [-0.05, 0) is 29.8 Å². The molecule has 0 unspecified atom stereocenters. The molecule has 2 aromatic carbocycles. The third-order valence-corrected chi connectivity index (χ3v) is 3.33. The Kier molecular flexibility index (Phi) is 3.57. The molecular weight excluding hydrogens is 280 g/mol. The molecule has 3 rings (SSSR count). The van der Waals surface area contributed by atoms with Gasteiger partial charge in [-0.25, -0.2) is 9.48 Å². The summed E-state index contributed by atoms with van der Waals surface area (Å²) in [4.78, 5) is 11.0. The predicted molar refractivity (Wildman–Crippen MR) is 82.4 cm³/mol. The first-order valence-corrected chi connectivity index (χ1v) is 6.70. The van der Waals surface area contributed by atoms with Crippen LogP contribution in [0.1, 0.15) is 15.9 Å². The van der Waals surface area contributed by atoms with Gasteiger partial charge in [-0.15, -0.1) is 5.10 Å². The summed E-state index contributed by atoms with van der Waals surface area (Å²) in [5.41, 5.74) is 9.29.